The number of rotatable bonds is 3. The van der Waals surface area contributed by atoms with Gasteiger partial charge < -0.3 is 20.9 Å². The quantitative estimate of drug-likeness (QED) is 0.737. The number of phenols is 1. The average molecular weight is 258 g/mol. The maximum atomic E-state index is 12.0. The van der Waals surface area contributed by atoms with Gasteiger partial charge in [0.05, 0.1) is 18.5 Å². The molecule has 0 bridgehead atoms. The molecule has 0 saturated carbocycles. The predicted octanol–water partition coefficient (Wildman–Crippen LogP) is 2.24. The van der Waals surface area contributed by atoms with E-state index in [1.807, 2.05) is 0 Å². The van der Waals surface area contributed by atoms with Crippen LogP contribution in [0, 0.1) is 0 Å². The van der Waals surface area contributed by atoms with Crippen LogP contribution in [0.25, 0.3) is 0 Å². The Bertz CT molecular complexity index is 594. The summed E-state index contributed by atoms with van der Waals surface area (Å²) in [6.07, 6.45) is 0. The van der Waals surface area contributed by atoms with E-state index in [-0.39, 0.29) is 11.7 Å². The molecule has 2 rings (SSSR count). The monoisotopic (exact) mass is 258 g/mol. The fourth-order valence-corrected chi connectivity index (χ4v) is 1.58. The number of benzene rings is 2. The maximum Gasteiger partial charge on any atom is 0.255 e. The molecule has 0 radical (unpaired) electrons. The van der Waals surface area contributed by atoms with Crippen LogP contribution in [0.1, 0.15) is 10.4 Å². The Morgan fingerprint density at radius 1 is 1.21 bits per heavy atom. The van der Waals surface area contributed by atoms with Gasteiger partial charge in [0.25, 0.3) is 5.91 Å². The molecular weight excluding hydrogens is 244 g/mol. The van der Waals surface area contributed by atoms with Crippen molar-refractivity contribution < 1.29 is 14.6 Å². The van der Waals surface area contributed by atoms with Gasteiger partial charge in [0.2, 0.25) is 0 Å². The van der Waals surface area contributed by atoms with Gasteiger partial charge in [-0.15, -0.1) is 0 Å². The van der Waals surface area contributed by atoms with Crippen molar-refractivity contribution in [2.45, 2.75) is 0 Å². The molecule has 2 aromatic rings. The minimum atomic E-state index is -0.306. The van der Waals surface area contributed by atoms with Crippen LogP contribution in [0.3, 0.4) is 0 Å². The summed E-state index contributed by atoms with van der Waals surface area (Å²) in [5.74, 6) is 0.410. The fourth-order valence-electron chi connectivity index (χ4n) is 1.58. The highest BCUT2D eigenvalue weighted by Gasteiger charge is 2.09. The van der Waals surface area contributed by atoms with Crippen LogP contribution in [0.4, 0.5) is 11.4 Å². The predicted molar refractivity (Wildman–Crippen MR) is 73.5 cm³/mol. The highest BCUT2D eigenvalue weighted by atomic mass is 16.5. The lowest BCUT2D eigenvalue weighted by Gasteiger charge is -2.10. The van der Waals surface area contributed by atoms with Crippen LogP contribution in [0.5, 0.6) is 11.5 Å². The van der Waals surface area contributed by atoms with Crippen LogP contribution in [-0.4, -0.2) is 18.1 Å². The number of nitrogen functional groups attached to an aromatic ring is 1. The summed E-state index contributed by atoms with van der Waals surface area (Å²) in [5.41, 5.74) is 7.15. The van der Waals surface area contributed by atoms with E-state index in [9.17, 15) is 9.90 Å². The molecule has 0 unspecified atom stereocenters. The van der Waals surface area contributed by atoms with Gasteiger partial charge in [0.15, 0.2) is 0 Å². The lowest BCUT2D eigenvalue weighted by Crippen LogP contribution is -2.13. The Kier molecular flexibility index (Phi) is 3.56. The average Bonchev–Trinajstić information content (AvgIpc) is 2.42. The third-order valence-electron chi connectivity index (χ3n) is 2.64. The number of amides is 1. The van der Waals surface area contributed by atoms with Crippen LogP contribution in [0.2, 0.25) is 0 Å². The summed E-state index contributed by atoms with van der Waals surface area (Å²) in [6, 6.07) is 11.0. The van der Waals surface area contributed by atoms with Gasteiger partial charge >= 0.3 is 0 Å². The topological polar surface area (TPSA) is 84.6 Å². The standard InChI is InChI=1S/C14H14N2O3/c1-19-11-6-7-12(15)13(8-11)16-14(18)9-2-4-10(17)5-3-9/h2-8,17H,15H2,1H3,(H,16,18). The molecule has 5 nitrogen and oxygen atoms in total. The first-order valence-corrected chi connectivity index (χ1v) is 5.64. The van der Waals surface area contributed by atoms with E-state index >= 15 is 0 Å². The van der Waals surface area contributed by atoms with Gasteiger partial charge in [-0.3, -0.25) is 4.79 Å². The highest BCUT2D eigenvalue weighted by Crippen LogP contribution is 2.25. The first kappa shape index (κ1) is 12.8. The van der Waals surface area contributed by atoms with Gasteiger partial charge in [0, 0.05) is 11.6 Å². The molecule has 0 saturated heterocycles. The minimum Gasteiger partial charge on any atom is -0.508 e. The number of phenolic OH excluding ortho intramolecular Hbond substituents is 1. The van der Waals surface area contributed by atoms with Crippen molar-refractivity contribution in [2.24, 2.45) is 0 Å². The van der Waals surface area contributed by atoms with Gasteiger partial charge in [-0.05, 0) is 36.4 Å². The zero-order valence-electron chi connectivity index (χ0n) is 10.4. The number of nitrogens with two attached hydrogens (primary N) is 1. The number of aromatic hydroxyl groups is 1. The second-order valence-corrected chi connectivity index (χ2v) is 3.95. The molecule has 0 aliphatic heterocycles. The summed E-state index contributed by atoms with van der Waals surface area (Å²) < 4.78 is 5.07. The van der Waals surface area contributed by atoms with Crippen LogP contribution in [-0.2, 0) is 0 Å². The number of hydrogen-bond acceptors (Lipinski definition) is 4. The van der Waals surface area contributed by atoms with Crippen LogP contribution < -0.4 is 15.8 Å². The number of methoxy groups -OCH3 is 1. The molecule has 0 heterocycles. The molecule has 0 aliphatic rings. The first-order chi connectivity index (χ1) is 9.10. The van der Waals surface area contributed by atoms with E-state index in [0.717, 1.165) is 0 Å². The van der Waals surface area contributed by atoms with Gasteiger partial charge in [-0.1, -0.05) is 0 Å². The van der Waals surface area contributed by atoms with Crippen molar-refractivity contribution in [1.82, 2.24) is 0 Å². The molecule has 98 valence electrons. The number of carbonyl (C=O) groups is 1. The zero-order valence-corrected chi connectivity index (χ0v) is 10.4. The second-order valence-electron chi connectivity index (χ2n) is 3.95. The smallest absolute Gasteiger partial charge is 0.255 e. The van der Waals surface area contributed by atoms with Crippen molar-refractivity contribution in [3.05, 3.63) is 48.0 Å². The number of anilines is 2. The van der Waals surface area contributed by atoms with Crippen molar-refractivity contribution in [3.63, 3.8) is 0 Å². The lowest BCUT2D eigenvalue weighted by molar-refractivity contribution is 0.102. The van der Waals surface area contributed by atoms with E-state index in [0.29, 0.717) is 22.7 Å². The molecule has 0 aromatic heterocycles. The van der Waals surface area contributed by atoms with E-state index < -0.39 is 0 Å². The molecule has 5 heteroatoms. The zero-order chi connectivity index (χ0) is 13.8. The highest BCUT2D eigenvalue weighted by molar-refractivity contribution is 6.05. The third kappa shape index (κ3) is 2.95. The molecular formula is C14H14N2O3. The molecule has 1 amide bonds. The van der Waals surface area contributed by atoms with Gasteiger partial charge in [0.1, 0.15) is 11.5 Å². The molecule has 0 fully saturated rings. The minimum absolute atomic E-state index is 0.109. The summed E-state index contributed by atoms with van der Waals surface area (Å²) in [7, 11) is 1.54. The Hall–Kier alpha value is -2.69. The van der Waals surface area contributed by atoms with E-state index in [1.54, 1.807) is 18.2 Å². The molecule has 19 heavy (non-hydrogen) atoms. The molecule has 4 N–H and O–H groups in total. The molecule has 0 spiro atoms. The largest absolute Gasteiger partial charge is 0.508 e. The summed E-state index contributed by atoms with van der Waals surface area (Å²) in [6.45, 7) is 0. The SMILES string of the molecule is COc1ccc(N)c(NC(=O)c2ccc(O)cc2)c1. The second kappa shape index (κ2) is 5.30. The molecule has 2 aromatic carbocycles. The Balaban J connectivity index is 2.21. The van der Waals surface area contributed by atoms with Crippen molar-refractivity contribution in [3.8, 4) is 11.5 Å². The Morgan fingerprint density at radius 3 is 2.53 bits per heavy atom. The van der Waals surface area contributed by atoms with Crippen LogP contribution in [0.15, 0.2) is 42.5 Å². The van der Waals surface area contributed by atoms with Gasteiger partial charge in [-0.2, -0.15) is 0 Å². The van der Waals surface area contributed by atoms with Gasteiger partial charge in [-0.25, -0.2) is 0 Å². The van der Waals surface area contributed by atoms with E-state index in [4.69, 9.17) is 10.5 Å². The number of nitrogens with one attached hydrogen (secondary N) is 1. The number of carbonyl (C=O) groups excluding carboxylic acids is 1. The summed E-state index contributed by atoms with van der Waals surface area (Å²) >= 11 is 0. The Labute approximate surface area is 110 Å². The number of hydrogen-bond donors (Lipinski definition) is 3. The number of ether oxygens (including phenoxy) is 1. The maximum absolute atomic E-state index is 12.0. The van der Waals surface area contributed by atoms with E-state index in [2.05, 4.69) is 5.32 Å². The van der Waals surface area contributed by atoms with Crippen molar-refractivity contribution in [2.75, 3.05) is 18.2 Å². The molecule has 0 atom stereocenters. The van der Waals surface area contributed by atoms with Crippen molar-refractivity contribution in [1.29, 1.82) is 0 Å². The Morgan fingerprint density at radius 2 is 1.89 bits per heavy atom. The summed E-state index contributed by atoms with van der Waals surface area (Å²) in [4.78, 5) is 12.0. The van der Waals surface area contributed by atoms with Crippen LogP contribution >= 0.6 is 0 Å². The normalized spacial score (nSPS) is 9.95. The van der Waals surface area contributed by atoms with E-state index in [1.165, 1.54) is 31.4 Å². The fraction of sp³-hybridized carbons (Fsp3) is 0.0714. The molecule has 0 aliphatic carbocycles. The third-order valence-corrected chi connectivity index (χ3v) is 2.64. The van der Waals surface area contributed by atoms with Crippen molar-refractivity contribution >= 4 is 17.3 Å². The summed E-state index contributed by atoms with van der Waals surface area (Å²) in [5, 5.41) is 11.9. The first-order valence-electron chi connectivity index (χ1n) is 5.64. The lowest BCUT2D eigenvalue weighted by atomic mass is 10.2.